The maximum Gasteiger partial charge on any atom is 0.133 e. The molecule has 1 atom stereocenters. The number of aryl methyl sites for hydroxylation is 1. The molecule has 4 aromatic rings. The van der Waals surface area contributed by atoms with E-state index in [2.05, 4.69) is 11.4 Å². The molecule has 2 N–H and O–H groups in total. The zero-order valence-corrected chi connectivity index (χ0v) is 16.0. The van der Waals surface area contributed by atoms with Crippen LogP contribution in [0.5, 0.6) is 0 Å². The molecule has 2 aromatic carbocycles. The zero-order valence-electron chi connectivity index (χ0n) is 16.0. The van der Waals surface area contributed by atoms with Crippen LogP contribution in [0.1, 0.15) is 23.0 Å². The molecule has 0 aliphatic heterocycles. The van der Waals surface area contributed by atoms with Crippen molar-refractivity contribution >= 4 is 0 Å². The summed E-state index contributed by atoms with van der Waals surface area (Å²) in [5, 5.41) is 18.2. The Kier molecular flexibility index (Phi) is 5.55. The van der Waals surface area contributed by atoms with E-state index in [9.17, 15) is 9.50 Å². The lowest BCUT2D eigenvalue weighted by atomic mass is 10.1. The summed E-state index contributed by atoms with van der Waals surface area (Å²) in [5.41, 5.74) is 4.76. The summed E-state index contributed by atoms with van der Waals surface area (Å²) >= 11 is 0. The van der Waals surface area contributed by atoms with Crippen LogP contribution in [0.15, 0.2) is 77.5 Å². The predicted molar refractivity (Wildman–Crippen MR) is 109 cm³/mol. The van der Waals surface area contributed by atoms with Crippen molar-refractivity contribution in [3.05, 3.63) is 95.8 Å². The third-order valence-electron chi connectivity index (χ3n) is 4.70. The van der Waals surface area contributed by atoms with Crippen molar-refractivity contribution in [3.8, 4) is 16.9 Å². The van der Waals surface area contributed by atoms with Gasteiger partial charge in [-0.05, 0) is 49.4 Å². The highest BCUT2D eigenvalue weighted by atomic mass is 19.1. The summed E-state index contributed by atoms with van der Waals surface area (Å²) in [6, 6.07) is 17.9. The second-order valence-electron chi connectivity index (χ2n) is 6.96. The highest BCUT2D eigenvalue weighted by molar-refractivity contribution is 5.64. The number of rotatable bonds is 7. The van der Waals surface area contributed by atoms with E-state index in [4.69, 9.17) is 9.52 Å². The van der Waals surface area contributed by atoms with Crippen molar-refractivity contribution in [2.45, 2.75) is 19.6 Å². The van der Waals surface area contributed by atoms with Crippen molar-refractivity contribution in [2.24, 2.45) is 0 Å². The minimum absolute atomic E-state index is 0.284. The van der Waals surface area contributed by atoms with E-state index >= 15 is 0 Å². The van der Waals surface area contributed by atoms with Gasteiger partial charge in [0.25, 0.3) is 0 Å². The second-order valence-corrected chi connectivity index (χ2v) is 6.96. The van der Waals surface area contributed by atoms with E-state index in [1.165, 1.54) is 12.1 Å². The minimum Gasteiger partial charge on any atom is -0.467 e. The Bertz CT molecular complexity index is 1070. The molecule has 0 amide bonds. The molecule has 0 fully saturated rings. The number of aromatic nitrogens is 2. The molecule has 0 saturated heterocycles. The number of hydrogen-bond donors (Lipinski definition) is 2. The Hall–Kier alpha value is -3.22. The molecule has 148 valence electrons. The number of hydrogen-bond acceptors (Lipinski definition) is 4. The Balaban J connectivity index is 1.59. The van der Waals surface area contributed by atoms with Crippen LogP contribution >= 0.6 is 0 Å². The smallest absolute Gasteiger partial charge is 0.133 e. The van der Waals surface area contributed by atoms with Crippen LogP contribution in [0.3, 0.4) is 0 Å². The van der Waals surface area contributed by atoms with Gasteiger partial charge in [0.05, 0.1) is 17.6 Å². The number of aliphatic hydroxyl groups is 1. The standard InChI is InChI=1S/C23H22FN3O2/c1-16-4-2-5-17(12-16)23-18(13-25-14-21(28)22-6-3-11-29-22)15-27(26-23)20-9-7-19(24)8-10-20/h2-12,15,21,25,28H,13-14H2,1H3. The summed E-state index contributed by atoms with van der Waals surface area (Å²) in [6.45, 7) is 2.91. The van der Waals surface area contributed by atoms with Gasteiger partial charge < -0.3 is 14.8 Å². The molecule has 5 nitrogen and oxygen atoms in total. The molecule has 29 heavy (non-hydrogen) atoms. The zero-order chi connectivity index (χ0) is 20.2. The largest absolute Gasteiger partial charge is 0.467 e. The van der Waals surface area contributed by atoms with Gasteiger partial charge in [-0.25, -0.2) is 9.07 Å². The van der Waals surface area contributed by atoms with Crippen molar-refractivity contribution in [3.63, 3.8) is 0 Å². The van der Waals surface area contributed by atoms with E-state index < -0.39 is 6.10 Å². The SMILES string of the molecule is Cc1cccc(-c2nn(-c3ccc(F)cc3)cc2CNCC(O)c2ccco2)c1. The van der Waals surface area contributed by atoms with Crippen LogP contribution in [0.2, 0.25) is 0 Å². The van der Waals surface area contributed by atoms with Crippen LogP contribution in [-0.4, -0.2) is 21.4 Å². The van der Waals surface area contributed by atoms with Gasteiger partial charge >= 0.3 is 0 Å². The van der Waals surface area contributed by atoms with Gasteiger partial charge in [0.15, 0.2) is 0 Å². The summed E-state index contributed by atoms with van der Waals surface area (Å²) < 4.78 is 20.3. The monoisotopic (exact) mass is 391 g/mol. The van der Waals surface area contributed by atoms with E-state index in [1.807, 2.05) is 31.3 Å². The second kappa shape index (κ2) is 8.43. The van der Waals surface area contributed by atoms with Crippen LogP contribution in [0.25, 0.3) is 16.9 Å². The summed E-state index contributed by atoms with van der Waals surface area (Å²) in [5.74, 6) is 0.243. The lowest BCUT2D eigenvalue weighted by Gasteiger charge is -2.09. The lowest BCUT2D eigenvalue weighted by molar-refractivity contribution is 0.147. The number of aliphatic hydroxyl groups excluding tert-OH is 1. The van der Waals surface area contributed by atoms with Crippen LogP contribution < -0.4 is 5.32 Å². The van der Waals surface area contributed by atoms with E-state index in [-0.39, 0.29) is 5.82 Å². The van der Waals surface area contributed by atoms with Gasteiger partial charge in [0.1, 0.15) is 17.7 Å². The van der Waals surface area contributed by atoms with Gasteiger partial charge in [0.2, 0.25) is 0 Å². The first-order valence-electron chi connectivity index (χ1n) is 9.44. The quantitative estimate of drug-likeness (QED) is 0.490. The first-order valence-corrected chi connectivity index (χ1v) is 9.44. The summed E-state index contributed by atoms with van der Waals surface area (Å²) in [7, 11) is 0. The van der Waals surface area contributed by atoms with Gasteiger partial charge in [-0.1, -0.05) is 23.8 Å². The fraction of sp³-hybridized carbons (Fsp3) is 0.174. The van der Waals surface area contributed by atoms with Crippen LogP contribution in [-0.2, 0) is 6.54 Å². The molecule has 0 radical (unpaired) electrons. The summed E-state index contributed by atoms with van der Waals surface area (Å²) in [6.07, 6.45) is 2.75. The fourth-order valence-electron chi connectivity index (χ4n) is 3.23. The number of nitrogens with one attached hydrogen (secondary N) is 1. The van der Waals surface area contributed by atoms with E-state index in [0.29, 0.717) is 18.8 Å². The maximum atomic E-state index is 13.3. The Labute approximate surface area is 168 Å². The molecule has 2 aromatic heterocycles. The number of benzene rings is 2. The molecule has 0 aliphatic carbocycles. The first-order chi connectivity index (χ1) is 14.1. The maximum absolute atomic E-state index is 13.3. The fourth-order valence-corrected chi connectivity index (χ4v) is 3.23. The van der Waals surface area contributed by atoms with Crippen LogP contribution in [0.4, 0.5) is 4.39 Å². The Morgan fingerprint density at radius 1 is 1.14 bits per heavy atom. The normalized spacial score (nSPS) is 12.2. The molecule has 0 saturated carbocycles. The van der Waals surface area contributed by atoms with Crippen LogP contribution in [0, 0.1) is 12.7 Å². The number of nitrogens with zero attached hydrogens (tertiary/aromatic N) is 2. The number of halogens is 1. The van der Waals surface area contributed by atoms with E-state index in [1.54, 1.807) is 35.2 Å². The molecule has 0 aliphatic rings. The predicted octanol–water partition coefficient (Wildman–Crippen LogP) is 4.40. The van der Waals surface area contributed by atoms with Gasteiger partial charge in [0, 0.05) is 30.4 Å². The third-order valence-corrected chi connectivity index (χ3v) is 4.70. The first kappa shape index (κ1) is 19.1. The molecular formula is C23H22FN3O2. The van der Waals surface area contributed by atoms with Crippen molar-refractivity contribution in [1.82, 2.24) is 15.1 Å². The van der Waals surface area contributed by atoms with Gasteiger partial charge in [-0.3, -0.25) is 0 Å². The molecule has 2 heterocycles. The Morgan fingerprint density at radius 3 is 2.69 bits per heavy atom. The minimum atomic E-state index is -0.723. The van der Waals surface area contributed by atoms with E-state index in [0.717, 1.165) is 28.1 Å². The third kappa shape index (κ3) is 4.45. The number of furan rings is 1. The lowest BCUT2D eigenvalue weighted by Crippen LogP contribution is -2.20. The average molecular weight is 391 g/mol. The molecule has 1 unspecified atom stereocenters. The summed E-state index contributed by atoms with van der Waals surface area (Å²) in [4.78, 5) is 0. The van der Waals surface area contributed by atoms with Crippen molar-refractivity contribution < 1.29 is 13.9 Å². The molecule has 4 rings (SSSR count). The molecule has 0 bridgehead atoms. The Morgan fingerprint density at radius 2 is 1.97 bits per heavy atom. The highest BCUT2D eigenvalue weighted by Gasteiger charge is 2.14. The average Bonchev–Trinajstić information content (AvgIpc) is 3.39. The van der Waals surface area contributed by atoms with Gasteiger partial charge in [-0.15, -0.1) is 0 Å². The van der Waals surface area contributed by atoms with Crippen molar-refractivity contribution in [2.75, 3.05) is 6.54 Å². The van der Waals surface area contributed by atoms with Gasteiger partial charge in [-0.2, -0.15) is 5.10 Å². The highest BCUT2D eigenvalue weighted by Crippen LogP contribution is 2.25. The van der Waals surface area contributed by atoms with Crippen molar-refractivity contribution in [1.29, 1.82) is 0 Å². The topological polar surface area (TPSA) is 63.2 Å². The molecule has 0 spiro atoms. The molecule has 6 heteroatoms. The molecular weight excluding hydrogens is 369 g/mol.